The van der Waals surface area contributed by atoms with Gasteiger partial charge in [-0.1, -0.05) is 0 Å². The van der Waals surface area contributed by atoms with E-state index in [2.05, 4.69) is 46.1 Å². The van der Waals surface area contributed by atoms with Crippen LogP contribution < -0.4 is 10.2 Å². The molecule has 33 heavy (non-hydrogen) atoms. The zero-order valence-corrected chi connectivity index (χ0v) is 19.7. The second-order valence-corrected chi connectivity index (χ2v) is 10.5. The van der Waals surface area contributed by atoms with Gasteiger partial charge in [-0.25, -0.2) is 4.98 Å². The fraction of sp³-hybridized carbons (Fsp3) is 0.615. The van der Waals surface area contributed by atoms with Crippen molar-refractivity contribution in [1.82, 2.24) is 9.88 Å². The first kappa shape index (κ1) is 21.3. The average molecular weight is 451 g/mol. The minimum Gasteiger partial charge on any atom is -0.381 e. The topological polar surface area (TPSA) is 66.9 Å². The lowest BCUT2D eigenvalue weighted by atomic mass is 9.97. The van der Waals surface area contributed by atoms with Crippen molar-refractivity contribution in [3.8, 4) is 0 Å². The molecule has 1 saturated carbocycles. The van der Waals surface area contributed by atoms with E-state index in [1.807, 2.05) is 12.3 Å². The Morgan fingerprint density at radius 3 is 2.67 bits per heavy atom. The molecule has 1 aliphatic carbocycles. The summed E-state index contributed by atoms with van der Waals surface area (Å²) in [5.74, 6) is 1.71. The van der Waals surface area contributed by atoms with Crippen LogP contribution in [0.4, 0.5) is 11.5 Å². The average Bonchev–Trinajstić information content (AvgIpc) is 3.40. The Bertz CT molecular complexity index is 1050. The monoisotopic (exact) mass is 450 g/mol. The van der Waals surface area contributed by atoms with Gasteiger partial charge in [0.25, 0.3) is 0 Å². The molecule has 7 nitrogen and oxygen atoms in total. The first-order valence-corrected chi connectivity index (χ1v) is 12.4. The summed E-state index contributed by atoms with van der Waals surface area (Å²) in [5.41, 5.74) is 2.74. The lowest BCUT2D eigenvalue weighted by molar-refractivity contribution is -0.117. The Kier molecular flexibility index (Phi) is 5.31. The Balaban J connectivity index is 1.17. The number of hydrogen-bond acceptors (Lipinski definition) is 6. The molecular weight excluding hydrogens is 416 g/mol. The van der Waals surface area contributed by atoms with E-state index in [0.29, 0.717) is 17.7 Å². The van der Waals surface area contributed by atoms with Crippen LogP contribution in [0.25, 0.3) is 10.8 Å². The molecule has 0 spiro atoms. The number of carbonyl (C=O) groups excluding carboxylic acids is 1. The number of nitrogens with zero attached hydrogens (tertiary/aromatic N) is 3. The maximum Gasteiger partial charge on any atom is 0.229 e. The van der Waals surface area contributed by atoms with E-state index in [1.54, 1.807) is 0 Å². The highest BCUT2D eigenvalue weighted by Gasteiger charge is 2.55. The summed E-state index contributed by atoms with van der Waals surface area (Å²) < 4.78 is 11.2. The molecule has 1 aromatic carbocycles. The lowest BCUT2D eigenvalue weighted by Crippen LogP contribution is -2.56. The molecule has 4 fully saturated rings. The van der Waals surface area contributed by atoms with Crippen molar-refractivity contribution in [3.63, 3.8) is 0 Å². The van der Waals surface area contributed by atoms with Gasteiger partial charge in [0.05, 0.1) is 13.2 Å². The van der Waals surface area contributed by atoms with Crippen LogP contribution in [0, 0.1) is 24.7 Å². The van der Waals surface area contributed by atoms with Gasteiger partial charge in [0.15, 0.2) is 0 Å². The van der Waals surface area contributed by atoms with E-state index in [0.717, 1.165) is 76.2 Å². The molecule has 6 rings (SSSR count). The second-order valence-electron chi connectivity index (χ2n) is 10.5. The van der Waals surface area contributed by atoms with Crippen molar-refractivity contribution in [2.45, 2.75) is 32.2 Å². The molecule has 3 saturated heterocycles. The number of rotatable bonds is 4. The van der Waals surface area contributed by atoms with Gasteiger partial charge in [0.2, 0.25) is 5.91 Å². The fourth-order valence-electron chi connectivity index (χ4n) is 6.20. The molecule has 4 heterocycles. The number of aryl methyl sites for hydroxylation is 1. The van der Waals surface area contributed by atoms with E-state index in [4.69, 9.17) is 9.47 Å². The number of aromatic nitrogens is 1. The van der Waals surface area contributed by atoms with Gasteiger partial charge in [0, 0.05) is 68.1 Å². The summed E-state index contributed by atoms with van der Waals surface area (Å²) in [6.07, 6.45) is 4.00. The van der Waals surface area contributed by atoms with E-state index < -0.39 is 0 Å². The van der Waals surface area contributed by atoms with E-state index >= 15 is 0 Å². The molecule has 0 bridgehead atoms. The number of amides is 1. The molecule has 4 aliphatic rings. The molecule has 3 aliphatic heterocycles. The predicted octanol–water partition coefficient (Wildman–Crippen LogP) is 3.07. The van der Waals surface area contributed by atoms with Crippen molar-refractivity contribution in [2.24, 2.45) is 17.8 Å². The Labute approximate surface area is 195 Å². The number of fused-ring (bicyclic) bond motifs is 2. The third kappa shape index (κ3) is 3.90. The quantitative estimate of drug-likeness (QED) is 0.772. The van der Waals surface area contributed by atoms with E-state index in [9.17, 15) is 4.79 Å². The number of hydrogen-bond donors (Lipinski definition) is 1. The first-order chi connectivity index (χ1) is 16.0. The highest BCUT2D eigenvalue weighted by Crippen LogP contribution is 2.51. The normalized spacial score (nSPS) is 32.1. The Morgan fingerprint density at radius 2 is 1.94 bits per heavy atom. The molecule has 2 unspecified atom stereocenters. The summed E-state index contributed by atoms with van der Waals surface area (Å²) in [5, 5.41) is 5.30. The SMILES string of the molecule is Cc1cc2cnc(NC(=O)[C@H]3C4CCOCC43)cc2cc1N1CCN([C@]2(C)CCOC2)CC1. The molecule has 7 heteroatoms. The van der Waals surface area contributed by atoms with E-state index in [-0.39, 0.29) is 17.4 Å². The fourth-order valence-corrected chi connectivity index (χ4v) is 6.20. The van der Waals surface area contributed by atoms with E-state index in [1.165, 1.54) is 11.3 Å². The summed E-state index contributed by atoms with van der Waals surface area (Å²) in [7, 11) is 0. The number of carbonyl (C=O) groups is 1. The standard InChI is InChI=1S/C26H34N4O3/c1-17-11-19-14-27-23(28-25(31)24-20-3-9-32-15-21(20)24)13-18(19)12-22(17)29-5-7-30(8-6-29)26(2)4-10-33-16-26/h11-14,20-21,24H,3-10,15-16H2,1-2H3,(H,27,28,31)/t20?,21?,24-,26+/m0/s1. The summed E-state index contributed by atoms with van der Waals surface area (Å²) >= 11 is 0. The third-order valence-corrected chi connectivity index (χ3v) is 8.41. The molecule has 4 atom stereocenters. The van der Waals surface area contributed by atoms with Crippen LogP contribution in [-0.4, -0.2) is 73.9 Å². The zero-order valence-electron chi connectivity index (χ0n) is 19.7. The maximum absolute atomic E-state index is 12.8. The van der Waals surface area contributed by atoms with Gasteiger partial charge < -0.3 is 19.7 Å². The summed E-state index contributed by atoms with van der Waals surface area (Å²) in [6.45, 7) is 11.9. The van der Waals surface area contributed by atoms with Crippen LogP contribution in [0.1, 0.15) is 25.3 Å². The maximum atomic E-state index is 12.8. The van der Waals surface area contributed by atoms with Crippen LogP contribution in [-0.2, 0) is 14.3 Å². The largest absolute Gasteiger partial charge is 0.381 e. The predicted molar refractivity (Wildman–Crippen MR) is 129 cm³/mol. The number of pyridine rings is 1. The summed E-state index contributed by atoms with van der Waals surface area (Å²) in [4.78, 5) is 22.4. The van der Waals surface area contributed by atoms with Crippen molar-refractivity contribution >= 4 is 28.2 Å². The molecule has 1 aromatic heterocycles. The minimum atomic E-state index is 0.0852. The van der Waals surface area contributed by atoms with Gasteiger partial charge >= 0.3 is 0 Å². The van der Waals surface area contributed by atoms with Crippen molar-refractivity contribution in [2.75, 3.05) is 62.8 Å². The van der Waals surface area contributed by atoms with Crippen molar-refractivity contribution in [1.29, 1.82) is 0 Å². The van der Waals surface area contributed by atoms with Crippen molar-refractivity contribution in [3.05, 3.63) is 30.0 Å². The number of benzene rings is 1. The molecular formula is C26H34N4O3. The lowest BCUT2D eigenvalue weighted by Gasteiger charge is -2.44. The molecule has 1 N–H and O–H groups in total. The van der Waals surface area contributed by atoms with Gasteiger partial charge in [-0.05, 0) is 67.7 Å². The minimum absolute atomic E-state index is 0.0852. The molecule has 176 valence electrons. The summed E-state index contributed by atoms with van der Waals surface area (Å²) in [6, 6.07) is 6.50. The highest BCUT2D eigenvalue weighted by molar-refractivity contribution is 5.96. The Morgan fingerprint density at radius 1 is 1.09 bits per heavy atom. The molecule has 2 aromatic rings. The van der Waals surface area contributed by atoms with Gasteiger partial charge in [-0.3, -0.25) is 9.69 Å². The van der Waals surface area contributed by atoms with Crippen molar-refractivity contribution < 1.29 is 14.3 Å². The third-order valence-electron chi connectivity index (χ3n) is 8.41. The number of ether oxygens (including phenoxy) is 2. The number of anilines is 2. The number of piperazine rings is 1. The zero-order chi connectivity index (χ0) is 22.6. The van der Waals surface area contributed by atoms with Gasteiger partial charge in [0.1, 0.15) is 5.82 Å². The van der Waals surface area contributed by atoms with Crippen LogP contribution in [0.5, 0.6) is 0 Å². The molecule has 0 radical (unpaired) electrons. The highest BCUT2D eigenvalue weighted by atomic mass is 16.5. The van der Waals surface area contributed by atoms with Crippen LogP contribution in [0.3, 0.4) is 0 Å². The van der Waals surface area contributed by atoms with Crippen LogP contribution in [0.15, 0.2) is 24.4 Å². The second kappa shape index (κ2) is 8.22. The van der Waals surface area contributed by atoms with Gasteiger partial charge in [-0.2, -0.15) is 0 Å². The first-order valence-electron chi connectivity index (χ1n) is 12.4. The molecule has 1 amide bonds. The van der Waals surface area contributed by atoms with Crippen LogP contribution >= 0.6 is 0 Å². The smallest absolute Gasteiger partial charge is 0.229 e. The van der Waals surface area contributed by atoms with Crippen LogP contribution in [0.2, 0.25) is 0 Å². The van der Waals surface area contributed by atoms with Gasteiger partial charge in [-0.15, -0.1) is 0 Å². The number of nitrogens with one attached hydrogen (secondary N) is 1. The Hall–Kier alpha value is -2.22.